The van der Waals surface area contributed by atoms with Crippen LogP contribution >= 0.6 is 15.9 Å². The predicted octanol–water partition coefficient (Wildman–Crippen LogP) is 3.92. The molecule has 0 radical (unpaired) electrons. The molecule has 20 heavy (non-hydrogen) atoms. The van der Waals surface area contributed by atoms with Crippen molar-refractivity contribution in [2.75, 3.05) is 13.2 Å². The lowest BCUT2D eigenvalue weighted by molar-refractivity contribution is 0.0889. The Hall–Kier alpha value is -1.83. The van der Waals surface area contributed by atoms with E-state index < -0.39 is 0 Å². The first-order valence-electron chi connectivity index (χ1n) is 6.23. The first kappa shape index (κ1) is 14.6. The van der Waals surface area contributed by atoms with E-state index in [1.807, 2.05) is 24.3 Å². The number of nitriles is 1. The maximum Gasteiger partial charge on any atom is 0.119 e. The van der Waals surface area contributed by atoms with E-state index in [-0.39, 0.29) is 0 Å². The Morgan fingerprint density at radius 1 is 0.950 bits per heavy atom. The van der Waals surface area contributed by atoms with E-state index in [1.165, 1.54) is 0 Å². The molecular formula is C16H14BrNO2. The normalized spacial score (nSPS) is 10.0. The molecule has 2 rings (SSSR count). The molecule has 0 aromatic heterocycles. The third-order valence-corrected chi connectivity index (χ3v) is 3.19. The van der Waals surface area contributed by atoms with Crippen molar-refractivity contribution in [3.8, 4) is 11.8 Å². The zero-order valence-electron chi connectivity index (χ0n) is 10.9. The van der Waals surface area contributed by atoms with Gasteiger partial charge in [-0.25, -0.2) is 0 Å². The van der Waals surface area contributed by atoms with Crippen molar-refractivity contribution in [2.24, 2.45) is 0 Å². The Bertz CT molecular complexity index is 573. The molecule has 0 aliphatic carbocycles. The van der Waals surface area contributed by atoms with E-state index in [4.69, 9.17) is 14.7 Å². The van der Waals surface area contributed by atoms with Crippen molar-refractivity contribution in [3.63, 3.8) is 0 Å². The van der Waals surface area contributed by atoms with Gasteiger partial charge in [0.2, 0.25) is 0 Å². The maximum atomic E-state index is 8.69. The second-order valence-corrected chi connectivity index (χ2v) is 5.08. The quantitative estimate of drug-likeness (QED) is 0.753. The second kappa shape index (κ2) is 7.68. The van der Waals surface area contributed by atoms with Crippen molar-refractivity contribution in [1.82, 2.24) is 0 Å². The van der Waals surface area contributed by atoms with Crippen LogP contribution < -0.4 is 4.74 Å². The van der Waals surface area contributed by atoms with Crippen molar-refractivity contribution >= 4 is 15.9 Å². The average Bonchev–Trinajstić information content (AvgIpc) is 2.49. The number of halogens is 1. The Morgan fingerprint density at radius 3 is 2.30 bits per heavy atom. The van der Waals surface area contributed by atoms with Gasteiger partial charge in [0.05, 0.1) is 24.8 Å². The summed E-state index contributed by atoms with van der Waals surface area (Å²) in [6.45, 7) is 1.59. The molecule has 0 aliphatic rings. The van der Waals surface area contributed by atoms with Crippen LogP contribution in [0.4, 0.5) is 0 Å². The average molecular weight is 332 g/mol. The monoisotopic (exact) mass is 331 g/mol. The lowest BCUT2D eigenvalue weighted by atomic mass is 10.2. The van der Waals surface area contributed by atoms with Gasteiger partial charge in [0.15, 0.2) is 0 Å². The first-order valence-corrected chi connectivity index (χ1v) is 7.02. The van der Waals surface area contributed by atoms with Crippen LogP contribution in [0.2, 0.25) is 0 Å². The van der Waals surface area contributed by atoms with Crippen molar-refractivity contribution in [3.05, 3.63) is 64.1 Å². The van der Waals surface area contributed by atoms with Gasteiger partial charge in [0, 0.05) is 4.47 Å². The van der Waals surface area contributed by atoms with Gasteiger partial charge in [-0.1, -0.05) is 28.1 Å². The number of nitrogens with zero attached hydrogens (tertiary/aromatic N) is 1. The summed E-state index contributed by atoms with van der Waals surface area (Å²) in [7, 11) is 0. The lowest BCUT2D eigenvalue weighted by Gasteiger charge is -2.07. The van der Waals surface area contributed by atoms with Crippen molar-refractivity contribution in [1.29, 1.82) is 5.26 Å². The van der Waals surface area contributed by atoms with E-state index in [0.29, 0.717) is 25.4 Å². The molecule has 0 fully saturated rings. The van der Waals surface area contributed by atoms with Gasteiger partial charge in [-0.2, -0.15) is 5.26 Å². The smallest absolute Gasteiger partial charge is 0.119 e. The standard InChI is InChI=1S/C16H14BrNO2/c17-15-5-1-14(2-6-15)12-19-9-10-20-16-7-3-13(11-18)4-8-16/h1-8H,9-10,12H2. The van der Waals surface area contributed by atoms with Crippen LogP contribution in [0.25, 0.3) is 0 Å². The van der Waals surface area contributed by atoms with E-state index in [2.05, 4.69) is 22.0 Å². The molecule has 0 amide bonds. The fourth-order valence-corrected chi connectivity index (χ4v) is 1.88. The molecule has 0 saturated heterocycles. The number of hydrogen-bond acceptors (Lipinski definition) is 3. The Labute approximate surface area is 126 Å². The van der Waals surface area contributed by atoms with Gasteiger partial charge in [-0.05, 0) is 42.0 Å². The van der Waals surface area contributed by atoms with E-state index >= 15 is 0 Å². The van der Waals surface area contributed by atoms with Gasteiger partial charge in [0.25, 0.3) is 0 Å². The molecule has 0 saturated carbocycles. The molecule has 3 nitrogen and oxygen atoms in total. The highest BCUT2D eigenvalue weighted by Crippen LogP contribution is 2.12. The van der Waals surface area contributed by atoms with Crippen molar-refractivity contribution in [2.45, 2.75) is 6.61 Å². The van der Waals surface area contributed by atoms with E-state index in [0.717, 1.165) is 15.8 Å². The van der Waals surface area contributed by atoms with Crippen LogP contribution in [0.5, 0.6) is 5.75 Å². The summed E-state index contributed by atoms with van der Waals surface area (Å²) in [5.74, 6) is 0.747. The fraction of sp³-hybridized carbons (Fsp3) is 0.188. The van der Waals surface area contributed by atoms with Crippen LogP contribution in [0.15, 0.2) is 53.0 Å². The summed E-state index contributed by atoms with van der Waals surface area (Å²) in [5.41, 5.74) is 1.76. The summed E-state index contributed by atoms with van der Waals surface area (Å²) < 4.78 is 12.1. The van der Waals surface area contributed by atoms with Crippen LogP contribution in [0.3, 0.4) is 0 Å². The summed E-state index contributed by atoms with van der Waals surface area (Å²) in [4.78, 5) is 0. The molecule has 4 heteroatoms. The van der Waals surface area contributed by atoms with Crippen LogP contribution in [0.1, 0.15) is 11.1 Å². The Kier molecular flexibility index (Phi) is 5.60. The molecule has 0 bridgehead atoms. The van der Waals surface area contributed by atoms with Crippen LogP contribution in [-0.4, -0.2) is 13.2 Å². The van der Waals surface area contributed by atoms with E-state index in [9.17, 15) is 0 Å². The van der Waals surface area contributed by atoms with Crippen LogP contribution in [0, 0.1) is 11.3 Å². The highest BCUT2D eigenvalue weighted by atomic mass is 79.9. The van der Waals surface area contributed by atoms with Gasteiger partial charge in [0.1, 0.15) is 12.4 Å². The fourth-order valence-electron chi connectivity index (χ4n) is 1.61. The molecule has 0 aliphatic heterocycles. The summed E-state index contributed by atoms with van der Waals surface area (Å²) in [6, 6.07) is 17.1. The topological polar surface area (TPSA) is 42.2 Å². The molecule has 0 unspecified atom stereocenters. The zero-order valence-corrected chi connectivity index (χ0v) is 12.5. The summed E-state index contributed by atoms with van der Waals surface area (Å²) in [6.07, 6.45) is 0. The molecule has 102 valence electrons. The SMILES string of the molecule is N#Cc1ccc(OCCOCc2ccc(Br)cc2)cc1. The largest absolute Gasteiger partial charge is 0.491 e. The van der Waals surface area contributed by atoms with Gasteiger partial charge in [-0.3, -0.25) is 0 Å². The first-order chi connectivity index (χ1) is 9.78. The second-order valence-electron chi connectivity index (χ2n) is 4.16. The summed E-state index contributed by atoms with van der Waals surface area (Å²) in [5, 5.41) is 8.69. The molecule has 0 N–H and O–H groups in total. The minimum absolute atomic E-state index is 0.489. The van der Waals surface area contributed by atoms with Gasteiger partial charge >= 0.3 is 0 Å². The minimum Gasteiger partial charge on any atom is -0.491 e. The third-order valence-electron chi connectivity index (χ3n) is 2.66. The number of rotatable bonds is 6. The van der Waals surface area contributed by atoms with Gasteiger partial charge in [-0.15, -0.1) is 0 Å². The minimum atomic E-state index is 0.489. The number of benzene rings is 2. The summed E-state index contributed by atoms with van der Waals surface area (Å²) >= 11 is 3.39. The number of ether oxygens (including phenoxy) is 2. The molecule has 0 spiro atoms. The van der Waals surface area contributed by atoms with Crippen LogP contribution in [-0.2, 0) is 11.3 Å². The Balaban J connectivity index is 1.66. The van der Waals surface area contributed by atoms with Crippen molar-refractivity contribution < 1.29 is 9.47 Å². The number of hydrogen-bond donors (Lipinski definition) is 0. The third kappa shape index (κ3) is 4.69. The van der Waals surface area contributed by atoms with Gasteiger partial charge < -0.3 is 9.47 Å². The molecule has 2 aromatic rings. The predicted molar refractivity (Wildman–Crippen MR) is 80.5 cm³/mol. The lowest BCUT2D eigenvalue weighted by Crippen LogP contribution is -2.06. The highest BCUT2D eigenvalue weighted by molar-refractivity contribution is 9.10. The zero-order chi connectivity index (χ0) is 14.2. The van der Waals surface area contributed by atoms with E-state index in [1.54, 1.807) is 24.3 Å². The maximum absolute atomic E-state index is 8.69. The molecule has 2 aromatic carbocycles. The highest BCUT2D eigenvalue weighted by Gasteiger charge is 1.96. The Morgan fingerprint density at radius 2 is 1.65 bits per heavy atom. The molecule has 0 atom stereocenters. The molecule has 0 heterocycles. The molecular weight excluding hydrogens is 318 g/mol.